The number of imidazole rings is 1. The molecule has 1 atom stereocenters. The van der Waals surface area contributed by atoms with Crippen LogP contribution in [0.4, 0.5) is 4.39 Å². The lowest BCUT2D eigenvalue weighted by atomic mass is 9.91. The molecule has 148 valence electrons. The Kier molecular flexibility index (Phi) is 4.52. The number of nitrogens with zero attached hydrogens (tertiary/aromatic N) is 3. The zero-order valence-corrected chi connectivity index (χ0v) is 15.6. The summed E-state index contributed by atoms with van der Waals surface area (Å²) in [5.74, 6) is 1.36. The van der Waals surface area contributed by atoms with Gasteiger partial charge in [0.25, 0.3) is 5.91 Å². The van der Waals surface area contributed by atoms with Crippen molar-refractivity contribution in [3.8, 4) is 0 Å². The average molecular weight is 385 g/mol. The first kappa shape index (κ1) is 17.6. The van der Waals surface area contributed by atoms with Gasteiger partial charge in [-0.05, 0) is 30.5 Å². The standard InChI is InChI=1S/C20H24FN5O2/c21-16-3-1-13(2-4-16)15-10-25(11-15)12-18-23-20(27)17-9-22-19(26(17)24-18)14-5-7-28-8-6-14/h1-4,9,14-15,18,24H,5-8,10-12H2,(H,23,27). The molecule has 1 aromatic carbocycles. The van der Waals surface area contributed by atoms with E-state index >= 15 is 0 Å². The summed E-state index contributed by atoms with van der Waals surface area (Å²) in [5, 5.41) is 3.02. The minimum atomic E-state index is -0.203. The Morgan fingerprint density at radius 2 is 1.89 bits per heavy atom. The molecule has 2 saturated heterocycles. The molecule has 3 aliphatic rings. The summed E-state index contributed by atoms with van der Waals surface area (Å²) < 4.78 is 20.4. The van der Waals surface area contributed by atoms with Crippen molar-refractivity contribution >= 4 is 5.91 Å². The number of carbonyl (C=O) groups excluding carboxylic acids is 1. The van der Waals surface area contributed by atoms with Gasteiger partial charge in [-0.2, -0.15) is 0 Å². The first-order chi connectivity index (χ1) is 13.7. The number of fused-ring (bicyclic) bond motifs is 1. The van der Waals surface area contributed by atoms with Crippen LogP contribution in [0.5, 0.6) is 0 Å². The zero-order chi connectivity index (χ0) is 19.1. The fraction of sp³-hybridized carbons (Fsp3) is 0.500. The number of halogens is 1. The van der Waals surface area contributed by atoms with E-state index in [2.05, 4.69) is 20.6 Å². The minimum absolute atomic E-state index is 0.0924. The van der Waals surface area contributed by atoms with Crippen molar-refractivity contribution in [2.75, 3.05) is 38.3 Å². The normalized spacial score (nSPS) is 23.6. The second-order valence-corrected chi connectivity index (χ2v) is 7.85. The summed E-state index contributed by atoms with van der Waals surface area (Å²) in [6.45, 7) is 4.00. The van der Waals surface area contributed by atoms with Crippen molar-refractivity contribution in [2.45, 2.75) is 30.8 Å². The highest BCUT2D eigenvalue weighted by Gasteiger charge is 2.34. The smallest absolute Gasteiger partial charge is 0.273 e. The van der Waals surface area contributed by atoms with Crippen molar-refractivity contribution < 1.29 is 13.9 Å². The topological polar surface area (TPSA) is 71.4 Å². The molecule has 8 heteroatoms. The Balaban J connectivity index is 1.22. The maximum atomic E-state index is 13.1. The number of benzene rings is 1. The Morgan fingerprint density at radius 3 is 2.64 bits per heavy atom. The molecule has 2 N–H and O–H groups in total. The van der Waals surface area contributed by atoms with Crippen LogP contribution in [0.2, 0.25) is 0 Å². The number of rotatable bonds is 4. The molecule has 28 heavy (non-hydrogen) atoms. The zero-order valence-electron chi connectivity index (χ0n) is 15.6. The first-order valence-electron chi connectivity index (χ1n) is 9.88. The van der Waals surface area contributed by atoms with Gasteiger partial charge in [0, 0.05) is 44.7 Å². The minimum Gasteiger partial charge on any atom is -0.381 e. The second kappa shape index (κ2) is 7.18. The Hall–Kier alpha value is -2.45. The summed E-state index contributed by atoms with van der Waals surface area (Å²) in [6.07, 6.45) is 3.34. The van der Waals surface area contributed by atoms with Crippen LogP contribution < -0.4 is 10.7 Å². The lowest BCUT2D eigenvalue weighted by molar-refractivity contribution is 0.0811. The van der Waals surface area contributed by atoms with Gasteiger partial charge in [-0.1, -0.05) is 12.1 Å². The van der Waals surface area contributed by atoms with Gasteiger partial charge in [-0.15, -0.1) is 0 Å². The van der Waals surface area contributed by atoms with Crippen LogP contribution in [-0.2, 0) is 4.74 Å². The second-order valence-electron chi connectivity index (χ2n) is 7.85. The number of likely N-dealkylation sites (tertiary alicyclic amines) is 1. The van der Waals surface area contributed by atoms with Crippen LogP contribution in [0.25, 0.3) is 0 Å². The summed E-state index contributed by atoms with van der Waals surface area (Å²) in [7, 11) is 0. The van der Waals surface area contributed by atoms with E-state index in [1.807, 2.05) is 16.8 Å². The van der Waals surface area contributed by atoms with E-state index in [4.69, 9.17) is 4.74 Å². The molecule has 1 aromatic heterocycles. The predicted molar refractivity (Wildman–Crippen MR) is 101 cm³/mol. The van der Waals surface area contributed by atoms with Crippen LogP contribution in [0, 0.1) is 5.82 Å². The molecule has 0 radical (unpaired) electrons. The van der Waals surface area contributed by atoms with E-state index in [0.29, 0.717) is 24.1 Å². The highest BCUT2D eigenvalue weighted by Crippen LogP contribution is 2.29. The van der Waals surface area contributed by atoms with Crippen molar-refractivity contribution in [3.63, 3.8) is 0 Å². The molecule has 2 fully saturated rings. The molecule has 1 amide bonds. The maximum absolute atomic E-state index is 13.1. The van der Waals surface area contributed by atoms with E-state index in [9.17, 15) is 9.18 Å². The van der Waals surface area contributed by atoms with Crippen molar-refractivity contribution in [1.82, 2.24) is 19.9 Å². The third-order valence-electron chi connectivity index (χ3n) is 5.94. The van der Waals surface area contributed by atoms with Crippen LogP contribution in [0.1, 0.15) is 46.6 Å². The molecule has 4 heterocycles. The largest absolute Gasteiger partial charge is 0.381 e. The number of ether oxygens (including phenoxy) is 1. The van der Waals surface area contributed by atoms with Gasteiger partial charge in [0.2, 0.25) is 0 Å². The Morgan fingerprint density at radius 1 is 1.14 bits per heavy atom. The lowest BCUT2D eigenvalue weighted by Gasteiger charge is -2.42. The summed E-state index contributed by atoms with van der Waals surface area (Å²) in [6, 6.07) is 6.74. The third-order valence-corrected chi connectivity index (χ3v) is 5.94. The highest BCUT2D eigenvalue weighted by molar-refractivity contribution is 5.93. The lowest BCUT2D eigenvalue weighted by Crippen LogP contribution is -2.59. The van der Waals surface area contributed by atoms with E-state index in [0.717, 1.165) is 50.5 Å². The first-order valence-corrected chi connectivity index (χ1v) is 9.88. The molecule has 5 rings (SSSR count). The molecular formula is C20H24FN5O2. The molecule has 0 spiro atoms. The maximum Gasteiger partial charge on any atom is 0.273 e. The van der Waals surface area contributed by atoms with Crippen LogP contribution in [0.15, 0.2) is 30.5 Å². The van der Waals surface area contributed by atoms with Gasteiger partial charge in [-0.3, -0.25) is 9.69 Å². The summed E-state index contributed by atoms with van der Waals surface area (Å²) in [5.41, 5.74) is 5.15. The fourth-order valence-corrected chi connectivity index (χ4v) is 4.34. The van der Waals surface area contributed by atoms with E-state index in [-0.39, 0.29) is 17.9 Å². The quantitative estimate of drug-likeness (QED) is 0.837. The van der Waals surface area contributed by atoms with Crippen LogP contribution in [-0.4, -0.2) is 59.5 Å². The van der Waals surface area contributed by atoms with Gasteiger partial charge in [0.05, 0.1) is 6.20 Å². The third kappa shape index (κ3) is 3.27. The highest BCUT2D eigenvalue weighted by atomic mass is 19.1. The predicted octanol–water partition coefficient (Wildman–Crippen LogP) is 1.63. The van der Waals surface area contributed by atoms with E-state index < -0.39 is 0 Å². The van der Waals surface area contributed by atoms with Gasteiger partial charge >= 0.3 is 0 Å². The van der Waals surface area contributed by atoms with Gasteiger partial charge < -0.3 is 15.5 Å². The van der Waals surface area contributed by atoms with Gasteiger partial charge in [-0.25, -0.2) is 14.1 Å². The SMILES string of the molecule is O=C1NC(CN2CC(c3ccc(F)cc3)C2)Nn2c1cnc2C1CCOCC1. The monoisotopic (exact) mass is 385 g/mol. The van der Waals surface area contributed by atoms with E-state index in [1.165, 1.54) is 12.1 Å². The number of aromatic nitrogens is 2. The number of nitrogens with one attached hydrogen (secondary N) is 2. The molecule has 2 aromatic rings. The Labute approximate surface area is 162 Å². The average Bonchev–Trinajstić information content (AvgIpc) is 3.11. The molecule has 0 saturated carbocycles. The van der Waals surface area contributed by atoms with Crippen molar-refractivity contribution in [2.24, 2.45) is 0 Å². The summed E-state index contributed by atoms with van der Waals surface area (Å²) >= 11 is 0. The van der Waals surface area contributed by atoms with Crippen molar-refractivity contribution in [3.05, 3.63) is 53.4 Å². The molecule has 3 aliphatic heterocycles. The van der Waals surface area contributed by atoms with Crippen molar-refractivity contribution in [1.29, 1.82) is 0 Å². The Bertz CT molecular complexity index is 856. The number of carbonyl (C=O) groups is 1. The number of amides is 1. The molecular weight excluding hydrogens is 361 g/mol. The van der Waals surface area contributed by atoms with E-state index in [1.54, 1.807) is 6.20 Å². The summed E-state index contributed by atoms with van der Waals surface area (Å²) in [4.78, 5) is 19.3. The fourth-order valence-electron chi connectivity index (χ4n) is 4.34. The molecule has 7 nitrogen and oxygen atoms in total. The molecule has 0 bridgehead atoms. The number of hydrogen-bond acceptors (Lipinski definition) is 5. The van der Waals surface area contributed by atoms with Gasteiger partial charge in [0.15, 0.2) is 0 Å². The van der Waals surface area contributed by atoms with Gasteiger partial charge in [0.1, 0.15) is 23.5 Å². The van der Waals surface area contributed by atoms with Crippen LogP contribution >= 0.6 is 0 Å². The van der Waals surface area contributed by atoms with Crippen LogP contribution in [0.3, 0.4) is 0 Å². The molecule has 0 aliphatic carbocycles. The molecule has 1 unspecified atom stereocenters. The number of hydrogen-bond donors (Lipinski definition) is 2.